The van der Waals surface area contributed by atoms with E-state index in [9.17, 15) is 13.2 Å². The van der Waals surface area contributed by atoms with Crippen LogP contribution in [0.2, 0.25) is 0 Å². The molecule has 17 heavy (non-hydrogen) atoms. The molecule has 0 fully saturated rings. The molecule has 0 bridgehead atoms. The molecular weight excluding hydrogens is 239 g/mol. The maximum absolute atomic E-state index is 11.8. The molecule has 0 amide bonds. The summed E-state index contributed by atoms with van der Waals surface area (Å²) in [4.78, 5) is 1.76. The van der Waals surface area contributed by atoms with Gasteiger partial charge in [-0.2, -0.15) is 13.2 Å². The van der Waals surface area contributed by atoms with E-state index in [-0.39, 0.29) is 19.0 Å². The minimum absolute atomic E-state index is 0.0225. The van der Waals surface area contributed by atoms with Crippen LogP contribution >= 0.6 is 0 Å². The van der Waals surface area contributed by atoms with Gasteiger partial charge in [0.15, 0.2) is 5.84 Å². The molecule has 0 rings (SSSR count). The molecule has 102 valence electrons. The smallest absolute Gasteiger partial charge is 0.409 e. The summed E-state index contributed by atoms with van der Waals surface area (Å²) < 4.78 is 39.8. The largest absolute Gasteiger partial charge is 0.411 e. The molecular formula is C9H18F3N3O2. The molecule has 0 heterocycles. The Morgan fingerprint density at radius 2 is 2.06 bits per heavy atom. The first-order valence-electron chi connectivity index (χ1n) is 5.22. The Hall–Kier alpha value is -1.02. The molecule has 0 saturated carbocycles. The lowest BCUT2D eigenvalue weighted by molar-refractivity contribution is -0.174. The van der Waals surface area contributed by atoms with Gasteiger partial charge in [-0.1, -0.05) is 12.1 Å². The highest BCUT2D eigenvalue weighted by molar-refractivity contribution is 5.81. The summed E-state index contributed by atoms with van der Waals surface area (Å²) in [6.45, 7) is 1.79. The average Bonchev–Trinajstić information content (AvgIpc) is 2.23. The second-order valence-corrected chi connectivity index (χ2v) is 3.54. The maximum Gasteiger partial charge on any atom is 0.411 e. The van der Waals surface area contributed by atoms with Crippen LogP contribution in [0.1, 0.15) is 13.3 Å². The third kappa shape index (κ3) is 9.88. The normalized spacial score (nSPS) is 13.4. The molecule has 3 N–H and O–H groups in total. The van der Waals surface area contributed by atoms with E-state index in [1.165, 1.54) is 0 Å². The van der Waals surface area contributed by atoms with Gasteiger partial charge in [0.2, 0.25) is 0 Å². The van der Waals surface area contributed by atoms with Gasteiger partial charge in [0.05, 0.1) is 13.2 Å². The first kappa shape index (κ1) is 16.0. The number of halogens is 3. The van der Waals surface area contributed by atoms with E-state index < -0.39 is 12.8 Å². The van der Waals surface area contributed by atoms with Gasteiger partial charge in [0, 0.05) is 6.54 Å². The molecule has 5 nitrogen and oxygen atoms in total. The maximum atomic E-state index is 11.8. The number of hydrogen-bond acceptors (Lipinski definition) is 4. The molecule has 0 spiro atoms. The number of alkyl halides is 3. The summed E-state index contributed by atoms with van der Waals surface area (Å²) in [7, 11) is 0. The lowest BCUT2D eigenvalue weighted by Crippen LogP contribution is -2.37. The van der Waals surface area contributed by atoms with Crippen molar-refractivity contribution in [1.82, 2.24) is 4.90 Å². The van der Waals surface area contributed by atoms with Gasteiger partial charge in [-0.3, -0.25) is 4.90 Å². The van der Waals surface area contributed by atoms with Crippen molar-refractivity contribution in [2.45, 2.75) is 19.5 Å². The second-order valence-electron chi connectivity index (χ2n) is 3.54. The Morgan fingerprint density at radius 3 is 2.53 bits per heavy atom. The van der Waals surface area contributed by atoms with E-state index in [0.717, 1.165) is 6.42 Å². The first-order chi connectivity index (χ1) is 7.89. The van der Waals surface area contributed by atoms with Crippen LogP contribution in [0.15, 0.2) is 5.16 Å². The zero-order chi connectivity index (χ0) is 13.3. The van der Waals surface area contributed by atoms with Crippen molar-refractivity contribution >= 4 is 5.84 Å². The Bertz CT molecular complexity index is 234. The molecule has 0 aliphatic carbocycles. The number of oxime groups is 1. The molecule has 0 aliphatic heterocycles. The fourth-order valence-electron chi connectivity index (χ4n) is 1.23. The van der Waals surface area contributed by atoms with Crippen LogP contribution in [0.5, 0.6) is 0 Å². The van der Waals surface area contributed by atoms with Gasteiger partial charge in [0.1, 0.15) is 6.61 Å². The number of ether oxygens (including phenoxy) is 1. The SMILES string of the molecule is CCCN(CCOCC(F)(F)F)CC(N)=NO. The van der Waals surface area contributed by atoms with Crippen LogP contribution in [0.4, 0.5) is 13.2 Å². The number of rotatable bonds is 8. The predicted octanol–water partition coefficient (Wildman–Crippen LogP) is 1.02. The zero-order valence-corrected chi connectivity index (χ0v) is 9.70. The molecule has 0 aromatic carbocycles. The van der Waals surface area contributed by atoms with Crippen molar-refractivity contribution < 1.29 is 23.1 Å². The third-order valence-corrected chi connectivity index (χ3v) is 1.87. The monoisotopic (exact) mass is 257 g/mol. The van der Waals surface area contributed by atoms with E-state index in [4.69, 9.17) is 10.9 Å². The quantitative estimate of drug-likeness (QED) is 0.224. The summed E-state index contributed by atoms with van der Waals surface area (Å²) in [5.41, 5.74) is 5.32. The highest BCUT2D eigenvalue weighted by atomic mass is 19.4. The van der Waals surface area contributed by atoms with E-state index >= 15 is 0 Å². The summed E-state index contributed by atoms with van der Waals surface area (Å²) in [6.07, 6.45) is -3.49. The first-order valence-corrected chi connectivity index (χ1v) is 5.22. The van der Waals surface area contributed by atoms with Crippen molar-refractivity contribution in [1.29, 1.82) is 0 Å². The molecule has 0 aliphatic rings. The highest BCUT2D eigenvalue weighted by Gasteiger charge is 2.27. The second kappa shape index (κ2) is 8.13. The molecule has 0 unspecified atom stereocenters. The van der Waals surface area contributed by atoms with Crippen LogP contribution < -0.4 is 5.73 Å². The van der Waals surface area contributed by atoms with E-state index in [1.54, 1.807) is 4.90 Å². The predicted molar refractivity (Wildman–Crippen MR) is 57.0 cm³/mol. The average molecular weight is 257 g/mol. The Labute approximate surface area is 98.0 Å². The van der Waals surface area contributed by atoms with Gasteiger partial charge in [-0.25, -0.2) is 0 Å². The van der Waals surface area contributed by atoms with Gasteiger partial charge in [0.25, 0.3) is 0 Å². The van der Waals surface area contributed by atoms with Crippen LogP contribution in [0.3, 0.4) is 0 Å². The van der Waals surface area contributed by atoms with Gasteiger partial charge in [-0.15, -0.1) is 0 Å². The molecule has 0 atom stereocenters. The molecule has 0 saturated heterocycles. The van der Waals surface area contributed by atoms with Crippen molar-refractivity contribution in [2.24, 2.45) is 10.9 Å². The molecule has 8 heteroatoms. The van der Waals surface area contributed by atoms with Crippen molar-refractivity contribution in [3.8, 4) is 0 Å². The van der Waals surface area contributed by atoms with Crippen LogP contribution in [0, 0.1) is 0 Å². The lowest BCUT2D eigenvalue weighted by Gasteiger charge is -2.20. The number of amidine groups is 1. The summed E-state index contributed by atoms with van der Waals surface area (Å²) in [6, 6.07) is 0. The van der Waals surface area contributed by atoms with Gasteiger partial charge in [-0.05, 0) is 13.0 Å². The Morgan fingerprint density at radius 1 is 1.41 bits per heavy atom. The topological polar surface area (TPSA) is 71.1 Å². The van der Waals surface area contributed by atoms with Gasteiger partial charge < -0.3 is 15.7 Å². The Kier molecular flexibility index (Phi) is 7.64. The summed E-state index contributed by atoms with van der Waals surface area (Å²) in [5, 5.41) is 11.2. The minimum Gasteiger partial charge on any atom is -0.409 e. The van der Waals surface area contributed by atoms with Crippen LogP contribution in [-0.2, 0) is 4.74 Å². The standard InChI is InChI=1S/C9H18F3N3O2/c1-2-3-15(6-8(13)14-16)4-5-17-7-9(10,11)12/h16H,2-7H2,1H3,(H2,13,14). The van der Waals surface area contributed by atoms with Crippen LogP contribution in [0.25, 0.3) is 0 Å². The third-order valence-electron chi connectivity index (χ3n) is 1.87. The summed E-state index contributed by atoms with van der Waals surface area (Å²) >= 11 is 0. The van der Waals surface area contributed by atoms with Crippen LogP contribution in [-0.4, -0.2) is 55.0 Å². The fraction of sp³-hybridized carbons (Fsp3) is 0.889. The zero-order valence-electron chi connectivity index (χ0n) is 9.70. The number of nitrogens with zero attached hydrogens (tertiary/aromatic N) is 2. The minimum atomic E-state index is -4.30. The van der Waals surface area contributed by atoms with Crippen molar-refractivity contribution in [3.05, 3.63) is 0 Å². The molecule has 0 radical (unpaired) electrons. The molecule has 0 aromatic rings. The number of nitrogens with two attached hydrogens (primary N) is 1. The van der Waals surface area contributed by atoms with E-state index in [0.29, 0.717) is 13.1 Å². The van der Waals surface area contributed by atoms with Crippen molar-refractivity contribution in [2.75, 3.05) is 32.8 Å². The van der Waals surface area contributed by atoms with Gasteiger partial charge >= 0.3 is 6.18 Å². The van der Waals surface area contributed by atoms with Crippen molar-refractivity contribution in [3.63, 3.8) is 0 Å². The lowest BCUT2D eigenvalue weighted by atomic mass is 10.4. The Balaban J connectivity index is 3.85. The van der Waals surface area contributed by atoms with E-state index in [1.807, 2.05) is 6.92 Å². The summed E-state index contributed by atoms with van der Waals surface area (Å²) in [5.74, 6) is 0.0225. The number of hydrogen-bond donors (Lipinski definition) is 2. The molecule has 0 aromatic heterocycles. The highest BCUT2D eigenvalue weighted by Crippen LogP contribution is 2.14. The fourth-order valence-corrected chi connectivity index (χ4v) is 1.23. The van der Waals surface area contributed by atoms with E-state index in [2.05, 4.69) is 9.89 Å².